The Labute approximate surface area is 108 Å². The van der Waals surface area contributed by atoms with E-state index >= 15 is 0 Å². The van der Waals surface area contributed by atoms with Crippen molar-refractivity contribution in [1.82, 2.24) is 5.32 Å². The molecular formula is C15H20N2O. The predicted octanol–water partition coefficient (Wildman–Crippen LogP) is 2.16. The van der Waals surface area contributed by atoms with Crippen LogP contribution in [0.3, 0.4) is 0 Å². The molecule has 0 bridgehead atoms. The van der Waals surface area contributed by atoms with Crippen molar-refractivity contribution in [3.8, 4) is 0 Å². The quantitative estimate of drug-likeness (QED) is 0.883. The molecule has 3 nitrogen and oxygen atoms in total. The molecule has 3 rings (SSSR count). The Balaban J connectivity index is 1.78. The fourth-order valence-corrected chi connectivity index (χ4v) is 2.72. The van der Waals surface area contributed by atoms with Gasteiger partial charge in [0.1, 0.15) is 0 Å². The van der Waals surface area contributed by atoms with Crippen LogP contribution in [0.1, 0.15) is 30.4 Å². The summed E-state index contributed by atoms with van der Waals surface area (Å²) in [6, 6.07) is 6.93. The van der Waals surface area contributed by atoms with Crippen molar-refractivity contribution in [2.75, 3.05) is 11.4 Å². The number of anilines is 1. The third-order valence-electron chi connectivity index (χ3n) is 3.86. The zero-order chi connectivity index (χ0) is 12.7. The van der Waals surface area contributed by atoms with Crippen LogP contribution in [0.2, 0.25) is 0 Å². The van der Waals surface area contributed by atoms with Crippen molar-refractivity contribution in [3.63, 3.8) is 0 Å². The first-order valence-corrected chi connectivity index (χ1v) is 6.80. The van der Waals surface area contributed by atoms with Crippen molar-refractivity contribution in [1.29, 1.82) is 0 Å². The molecule has 18 heavy (non-hydrogen) atoms. The number of benzene rings is 1. The van der Waals surface area contributed by atoms with Crippen LogP contribution in [0.25, 0.3) is 0 Å². The molecule has 1 unspecified atom stereocenters. The van der Waals surface area contributed by atoms with Crippen LogP contribution < -0.4 is 10.2 Å². The zero-order valence-electron chi connectivity index (χ0n) is 11.1. The molecule has 0 aromatic heterocycles. The Bertz CT molecular complexity index is 479. The Morgan fingerprint density at radius 2 is 2.00 bits per heavy atom. The lowest BCUT2D eigenvalue weighted by molar-refractivity contribution is -0.118. The van der Waals surface area contributed by atoms with E-state index in [0.29, 0.717) is 6.04 Å². The van der Waals surface area contributed by atoms with E-state index in [1.54, 1.807) is 0 Å². The van der Waals surface area contributed by atoms with E-state index in [2.05, 4.69) is 37.4 Å². The van der Waals surface area contributed by atoms with Crippen molar-refractivity contribution in [2.24, 2.45) is 0 Å². The molecule has 1 saturated carbocycles. The summed E-state index contributed by atoms with van der Waals surface area (Å²) < 4.78 is 0. The molecule has 1 aromatic rings. The number of rotatable bonds is 3. The van der Waals surface area contributed by atoms with Crippen LogP contribution in [0.5, 0.6) is 0 Å². The standard InChI is InChI=1S/C15H20N2O/c1-10-3-6-14(11(2)9-10)17-8-7-13(15(17)18)16-12-4-5-12/h3,6,9,12-13,16H,4-5,7-8H2,1-2H3. The van der Waals surface area contributed by atoms with Gasteiger partial charge in [0.05, 0.1) is 6.04 Å². The number of nitrogens with one attached hydrogen (secondary N) is 1. The zero-order valence-corrected chi connectivity index (χ0v) is 11.1. The van der Waals surface area contributed by atoms with Gasteiger partial charge in [0, 0.05) is 18.3 Å². The van der Waals surface area contributed by atoms with Crippen LogP contribution in [0.15, 0.2) is 18.2 Å². The van der Waals surface area contributed by atoms with E-state index in [-0.39, 0.29) is 11.9 Å². The second-order valence-corrected chi connectivity index (χ2v) is 5.56. The van der Waals surface area contributed by atoms with E-state index < -0.39 is 0 Å². The Hall–Kier alpha value is -1.35. The molecule has 3 heteroatoms. The van der Waals surface area contributed by atoms with Crippen LogP contribution in [0.4, 0.5) is 5.69 Å². The first-order valence-electron chi connectivity index (χ1n) is 6.80. The molecule has 1 aliphatic heterocycles. The molecule has 1 atom stereocenters. The lowest BCUT2D eigenvalue weighted by Gasteiger charge is -2.19. The molecule has 1 heterocycles. The van der Waals surface area contributed by atoms with Gasteiger partial charge in [-0.2, -0.15) is 0 Å². The van der Waals surface area contributed by atoms with Crippen LogP contribution in [0, 0.1) is 13.8 Å². The molecule has 1 N–H and O–H groups in total. The lowest BCUT2D eigenvalue weighted by Crippen LogP contribution is -2.39. The molecule has 1 aliphatic carbocycles. The van der Waals surface area contributed by atoms with Gasteiger partial charge in [-0.3, -0.25) is 4.79 Å². The predicted molar refractivity (Wildman–Crippen MR) is 72.8 cm³/mol. The highest BCUT2D eigenvalue weighted by molar-refractivity contribution is 6.00. The van der Waals surface area contributed by atoms with Gasteiger partial charge in [-0.05, 0) is 44.7 Å². The van der Waals surface area contributed by atoms with Gasteiger partial charge in [-0.25, -0.2) is 0 Å². The normalized spacial score (nSPS) is 23.8. The van der Waals surface area contributed by atoms with Gasteiger partial charge in [-0.15, -0.1) is 0 Å². The molecule has 1 aromatic carbocycles. The summed E-state index contributed by atoms with van der Waals surface area (Å²) in [6.45, 7) is 5.00. The van der Waals surface area contributed by atoms with Crippen molar-refractivity contribution < 1.29 is 4.79 Å². The Morgan fingerprint density at radius 3 is 2.67 bits per heavy atom. The summed E-state index contributed by atoms with van der Waals surface area (Å²) in [5.41, 5.74) is 3.51. The molecule has 2 aliphatic rings. The highest BCUT2D eigenvalue weighted by atomic mass is 16.2. The van der Waals surface area contributed by atoms with Crippen LogP contribution in [-0.4, -0.2) is 24.5 Å². The van der Waals surface area contributed by atoms with E-state index in [1.165, 1.54) is 24.0 Å². The summed E-state index contributed by atoms with van der Waals surface area (Å²) in [5, 5.41) is 3.44. The van der Waals surface area contributed by atoms with E-state index in [0.717, 1.165) is 18.7 Å². The summed E-state index contributed by atoms with van der Waals surface area (Å²) >= 11 is 0. The van der Waals surface area contributed by atoms with Crippen LogP contribution in [-0.2, 0) is 4.79 Å². The minimum atomic E-state index is 0.0400. The van der Waals surface area contributed by atoms with Crippen molar-refractivity contribution in [3.05, 3.63) is 29.3 Å². The largest absolute Gasteiger partial charge is 0.311 e. The molecule has 0 spiro atoms. The number of hydrogen-bond donors (Lipinski definition) is 1. The van der Waals surface area contributed by atoms with Gasteiger partial charge in [0.2, 0.25) is 5.91 Å². The third-order valence-corrected chi connectivity index (χ3v) is 3.86. The van der Waals surface area contributed by atoms with Crippen molar-refractivity contribution in [2.45, 2.75) is 45.2 Å². The Kier molecular flexibility index (Phi) is 2.86. The first-order chi connectivity index (χ1) is 8.65. The maximum atomic E-state index is 12.4. The Morgan fingerprint density at radius 1 is 1.22 bits per heavy atom. The van der Waals surface area contributed by atoms with Gasteiger partial charge in [-0.1, -0.05) is 17.7 Å². The molecule has 96 valence electrons. The van der Waals surface area contributed by atoms with E-state index in [1.807, 2.05) is 4.90 Å². The average molecular weight is 244 g/mol. The number of aryl methyl sites for hydroxylation is 2. The van der Waals surface area contributed by atoms with Gasteiger partial charge < -0.3 is 10.2 Å². The number of hydrogen-bond acceptors (Lipinski definition) is 2. The molecule has 0 radical (unpaired) electrons. The van der Waals surface area contributed by atoms with Gasteiger partial charge >= 0.3 is 0 Å². The summed E-state index contributed by atoms with van der Waals surface area (Å²) in [5.74, 6) is 0.244. The second-order valence-electron chi connectivity index (χ2n) is 5.56. The first kappa shape index (κ1) is 11.7. The fourth-order valence-electron chi connectivity index (χ4n) is 2.72. The smallest absolute Gasteiger partial charge is 0.244 e. The van der Waals surface area contributed by atoms with E-state index in [4.69, 9.17) is 0 Å². The monoisotopic (exact) mass is 244 g/mol. The number of amides is 1. The molecule has 1 amide bonds. The molecule has 2 fully saturated rings. The second kappa shape index (κ2) is 4.39. The van der Waals surface area contributed by atoms with E-state index in [9.17, 15) is 4.79 Å². The summed E-state index contributed by atoms with van der Waals surface area (Å²) in [7, 11) is 0. The minimum Gasteiger partial charge on any atom is -0.311 e. The minimum absolute atomic E-state index is 0.0400. The summed E-state index contributed by atoms with van der Waals surface area (Å²) in [6.07, 6.45) is 3.39. The van der Waals surface area contributed by atoms with Gasteiger partial charge in [0.15, 0.2) is 0 Å². The highest BCUT2D eigenvalue weighted by Gasteiger charge is 2.36. The van der Waals surface area contributed by atoms with Gasteiger partial charge in [0.25, 0.3) is 0 Å². The number of nitrogens with zero attached hydrogens (tertiary/aromatic N) is 1. The van der Waals surface area contributed by atoms with Crippen LogP contribution >= 0.6 is 0 Å². The molecular weight excluding hydrogens is 224 g/mol. The summed E-state index contributed by atoms with van der Waals surface area (Å²) in [4.78, 5) is 14.3. The maximum absolute atomic E-state index is 12.4. The topological polar surface area (TPSA) is 32.3 Å². The number of carbonyl (C=O) groups excluding carboxylic acids is 1. The number of carbonyl (C=O) groups is 1. The highest BCUT2D eigenvalue weighted by Crippen LogP contribution is 2.28. The lowest BCUT2D eigenvalue weighted by atomic mass is 10.1. The maximum Gasteiger partial charge on any atom is 0.244 e. The SMILES string of the molecule is Cc1ccc(N2CCC(NC3CC3)C2=O)c(C)c1. The van der Waals surface area contributed by atoms with Crippen molar-refractivity contribution >= 4 is 11.6 Å². The third kappa shape index (κ3) is 2.15. The average Bonchev–Trinajstić information content (AvgIpc) is 3.07. The fraction of sp³-hybridized carbons (Fsp3) is 0.533. The molecule has 1 saturated heterocycles.